The summed E-state index contributed by atoms with van der Waals surface area (Å²) < 4.78 is 5.47. The Morgan fingerprint density at radius 3 is 2.52 bits per heavy atom. The molecule has 1 amide bonds. The van der Waals surface area contributed by atoms with E-state index in [0.29, 0.717) is 17.5 Å². The van der Waals surface area contributed by atoms with Crippen molar-refractivity contribution in [3.63, 3.8) is 0 Å². The smallest absolute Gasteiger partial charge is 0.272 e. The zero-order chi connectivity index (χ0) is 20.2. The lowest BCUT2D eigenvalue weighted by Crippen LogP contribution is -2.19. The van der Waals surface area contributed by atoms with Gasteiger partial charge in [-0.25, -0.2) is 0 Å². The molecule has 2 N–H and O–H groups in total. The van der Waals surface area contributed by atoms with E-state index < -0.39 is 0 Å². The van der Waals surface area contributed by atoms with Crippen LogP contribution in [0.2, 0.25) is 0 Å². The standard InChI is InChI=1S/C24H20N2O3/c1-29-22-12-11-19(14-18(22)13-16-7-3-2-4-8-16)25-24(28)21-15-17-9-5-6-10-20(17)23(27)26-21/h2-12,14-15H,13H2,1H3,(H,25,28)(H,26,27). The molecule has 3 aromatic carbocycles. The number of H-pyrrole nitrogens is 1. The van der Waals surface area contributed by atoms with Crippen molar-refractivity contribution in [3.05, 3.63) is 106 Å². The van der Waals surface area contributed by atoms with E-state index in [1.165, 1.54) is 0 Å². The lowest BCUT2D eigenvalue weighted by atomic mass is 10.0. The lowest BCUT2D eigenvalue weighted by Gasteiger charge is -2.12. The third-order valence-electron chi connectivity index (χ3n) is 4.77. The van der Waals surface area contributed by atoms with Gasteiger partial charge in [0.15, 0.2) is 0 Å². The fourth-order valence-corrected chi connectivity index (χ4v) is 3.34. The highest BCUT2D eigenvalue weighted by Gasteiger charge is 2.12. The topological polar surface area (TPSA) is 71.2 Å². The number of hydrogen-bond donors (Lipinski definition) is 2. The van der Waals surface area contributed by atoms with E-state index in [9.17, 15) is 9.59 Å². The van der Waals surface area contributed by atoms with Crippen molar-refractivity contribution < 1.29 is 9.53 Å². The zero-order valence-electron chi connectivity index (χ0n) is 15.9. The molecule has 0 unspecified atom stereocenters. The maximum atomic E-state index is 12.7. The summed E-state index contributed by atoms with van der Waals surface area (Å²) in [7, 11) is 1.63. The number of rotatable bonds is 5. The van der Waals surface area contributed by atoms with Gasteiger partial charge in [0.1, 0.15) is 11.4 Å². The molecule has 4 aromatic rings. The van der Waals surface area contributed by atoms with Crippen molar-refractivity contribution in [1.29, 1.82) is 0 Å². The van der Waals surface area contributed by atoms with E-state index in [4.69, 9.17) is 4.74 Å². The molecule has 144 valence electrons. The lowest BCUT2D eigenvalue weighted by molar-refractivity contribution is 0.102. The monoisotopic (exact) mass is 384 g/mol. The van der Waals surface area contributed by atoms with E-state index in [1.807, 2.05) is 54.6 Å². The number of carbonyl (C=O) groups is 1. The largest absolute Gasteiger partial charge is 0.496 e. The first kappa shape index (κ1) is 18.5. The van der Waals surface area contributed by atoms with Crippen LogP contribution in [-0.4, -0.2) is 18.0 Å². The number of hydrogen-bond acceptors (Lipinski definition) is 3. The molecule has 0 spiro atoms. The third-order valence-corrected chi connectivity index (χ3v) is 4.77. The summed E-state index contributed by atoms with van der Waals surface area (Å²) in [5.41, 5.74) is 2.68. The van der Waals surface area contributed by atoms with Crippen LogP contribution in [0, 0.1) is 0 Å². The molecule has 5 heteroatoms. The molecule has 0 aliphatic carbocycles. The molecule has 0 aliphatic rings. The molecule has 0 saturated carbocycles. The van der Waals surface area contributed by atoms with Crippen molar-refractivity contribution in [1.82, 2.24) is 4.98 Å². The van der Waals surface area contributed by atoms with Crippen LogP contribution in [0.3, 0.4) is 0 Å². The van der Waals surface area contributed by atoms with Gasteiger partial charge in [-0.1, -0.05) is 48.5 Å². The van der Waals surface area contributed by atoms with Crippen LogP contribution >= 0.6 is 0 Å². The van der Waals surface area contributed by atoms with Crippen LogP contribution in [-0.2, 0) is 6.42 Å². The Hall–Kier alpha value is -3.86. The Bertz CT molecular complexity index is 1230. The van der Waals surface area contributed by atoms with Gasteiger partial charge >= 0.3 is 0 Å². The highest BCUT2D eigenvalue weighted by molar-refractivity contribution is 6.04. The fourth-order valence-electron chi connectivity index (χ4n) is 3.34. The van der Waals surface area contributed by atoms with Crippen LogP contribution in [0.4, 0.5) is 5.69 Å². The van der Waals surface area contributed by atoms with Crippen LogP contribution in [0.1, 0.15) is 21.6 Å². The minimum Gasteiger partial charge on any atom is -0.496 e. The number of aromatic amines is 1. The van der Waals surface area contributed by atoms with Gasteiger partial charge in [-0.3, -0.25) is 9.59 Å². The minimum atomic E-state index is -0.372. The molecule has 0 fully saturated rings. The molecule has 0 radical (unpaired) electrons. The minimum absolute atomic E-state index is 0.217. The highest BCUT2D eigenvalue weighted by Crippen LogP contribution is 2.25. The maximum Gasteiger partial charge on any atom is 0.272 e. The van der Waals surface area contributed by atoms with Gasteiger partial charge in [-0.2, -0.15) is 0 Å². The summed E-state index contributed by atoms with van der Waals surface area (Å²) in [6.45, 7) is 0. The summed E-state index contributed by atoms with van der Waals surface area (Å²) in [5, 5.41) is 4.14. The Balaban J connectivity index is 1.61. The van der Waals surface area contributed by atoms with Crippen LogP contribution < -0.4 is 15.6 Å². The van der Waals surface area contributed by atoms with Gasteiger partial charge in [0.2, 0.25) is 0 Å². The predicted molar refractivity (Wildman–Crippen MR) is 115 cm³/mol. The predicted octanol–water partition coefficient (Wildman–Crippen LogP) is 4.38. The number of amides is 1. The number of anilines is 1. The molecule has 0 atom stereocenters. The number of nitrogens with one attached hydrogen (secondary N) is 2. The SMILES string of the molecule is COc1ccc(NC(=O)c2cc3ccccc3c(=O)[nH]2)cc1Cc1ccccc1. The number of ether oxygens (including phenoxy) is 1. The maximum absolute atomic E-state index is 12.7. The summed E-state index contributed by atoms with van der Waals surface area (Å²) in [6.07, 6.45) is 0.681. The average molecular weight is 384 g/mol. The first-order valence-corrected chi connectivity index (χ1v) is 9.28. The van der Waals surface area contributed by atoms with E-state index >= 15 is 0 Å². The number of carbonyl (C=O) groups excluding carboxylic acids is 1. The Morgan fingerprint density at radius 2 is 1.72 bits per heavy atom. The second-order valence-corrected chi connectivity index (χ2v) is 6.74. The molecule has 0 saturated heterocycles. The van der Waals surface area contributed by atoms with Crippen molar-refractivity contribution in [3.8, 4) is 5.75 Å². The summed E-state index contributed by atoms with van der Waals surface area (Å²) in [5.74, 6) is 0.384. The molecule has 4 rings (SSSR count). The normalized spacial score (nSPS) is 10.7. The van der Waals surface area contributed by atoms with E-state index in [1.54, 1.807) is 31.4 Å². The average Bonchev–Trinajstić information content (AvgIpc) is 2.75. The van der Waals surface area contributed by atoms with Gasteiger partial charge in [-0.15, -0.1) is 0 Å². The molecule has 0 bridgehead atoms. The molecule has 29 heavy (non-hydrogen) atoms. The summed E-state index contributed by atoms with van der Waals surface area (Å²) >= 11 is 0. The van der Waals surface area contributed by atoms with Crippen molar-refractivity contribution in [2.75, 3.05) is 12.4 Å². The Morgan fingerprint density at radius 1 is 0.966 bits per heavy atom. The van der Waals surface area contributed by atoms with Crippen molar-refractivity contribution in [2.24, 2.45) is 0 Å². The Kier molecular flexibility index (Phi) is 5.12. The van der Waals surface area contributed by atoms with Crippen LogP contribution in [0.25, 0.3) is 10.8 Å². The van der Waals surface area contributed by atoms with Gasteiger partial charge in [0.05, 0.1) is 7.11 Å². The molecule has 5 nitrogen and oxygen atoms in total. The fraction of sp³-hybridized carbons (Fsp3) is 0.0833. The number of aromatic nitrogens is 1. The highest BCUT2D eigenvalue weighted by atomic mass is 16.5. The second kappa shape index (κ2) is 8.02. The van der Waals surface area contributed by atoms with Gasteiger partial charge < -0.3 is 15.0 Å². The third kappa shape index (κ3) is 4.04. The first-order chi connectivity index (χ1) is 14.1. The van der Waals surface area contributed by atoms with Crippen molar-refractivity contribution in [2.45, 2.75) is 6.42 Å². The van der Waals surface area contributed by atoms with E-state index in [2.05, 4.69) is 10.3 Å². The summed E-state index contributed by atoms with van der Waals surface area (Å²) in [4.78, 5) is 27.6. The number of methoxy groups -OCH3 is 1. The van der Waals surface area contributed by atoms with E-state index in [-0.39, 0.29) is 17.2 Å². The number of benzene rings is 3. The van der Waals surface area contributed by atoms with Crippen molar-refractivity contribution >= 4 is 22.4 Å². The molecule has 1 aromatic heterocycles. The van der Waals surface area contributed by atoms with E-state index in [0.717, 1.165) is 22.3 Å². The summed E-state index contributed by atoms with van der Waals surface area (Å²) in [6, 6.07) is 24.4. The van der Waals surface area contributed by atoms with Crippen LogP contribution in [0.15, 0.2) is 83.7 Å². The van der Waals surface area contributed by atoms with Gasteiger partial charge in [-0.05, 0) is 41.3 Å². The molecule has 0 aliphatic heterocycles. The number of fused-ring (bicyclic) bond motifs is 1. The van der Waals surface area contributed by atoms with Crippen LogP contribution in [0.5, 0.6) is 5.75 Å². The zero-order valence-corrected chi connectivity index (χ0v) is 15.9. The van der Waals surface area contributed by atoms with Gasteiger partial charge in [0.25, 0.3) is 11.5 Å². The quantitative estimate of drug-likeness (QED) is 0.536. The number of pyridine rings is 1. The van der Waals surface area contributed by atoms with Gasteiger partial charge in [0, 0.05) is 23.1 Å². The second-order valence-electron chi connectivity index (χ2n) is 6.74. The molecular formula is C24H20N2O3. The first-order valence-electron chi connectivity index (χ1n) is 9.28. The molecule has 1 heterocycles. The molecular weight excluding hydrogens is 364 g/mol. The Labute approximate surface area is 168 Å².